The molecule has 1 aliphatic heterocycles. The van der Waals surface area contributed by atoms with Crippen molar-refractivity contribution in [1.29, 1.82) is 0 Å². The van der Waals surface area contributed by atoms with Gasteiger partial charge in [-0.05, 0) is 51.7 Å². The van der Waals surface area contributed by atoms with Crippen LogP contribution in [0, 0.1) is 0 Å². The number of hydrogen-bond donors (Lipinski definition) is 0. The summed E-state index contributed by atoms with van der Waals surface area (Å²) < 4.78 is 0. The number of nitrogens with zero attached hydrogens (tertiary/aromatic N) is 1. The van der Waals surface area contributed by atoms with Gasteiger partial charge in [-0.25, -0.2) is 0 Å². The van der Waals surface area contributed by atoms with Crippen LogP contribution in [0.2, 0.25) is 0 Å². The predicted octanol–water partition coefficient (Wildman–Crippen LogP) is 3.65. The topological polar surface area (TPSA) is 3.24 Å². The summed E-state index contributed by atoms with van der Waals surface area (Å²) in [6.07, 6.45) is 12.2. The van der Waals surface area contributed by atoms with E-state index in [1.807, 2.05) is 0 Å². The maximum Gasteiger partial charge on any atom is 0.0365 e. The van der Waals surface area contributed by atoms with Gasteiger partial charge in [0.15, 0.2) is 0 Å². The molecule has 0 saturated carbocycles. The zero-order valence-electron chi connectivity index (χ0n) is 10.3. The number of rotatable bonds is 1. The van der Waals surface area contributed by atoms with Crippen LogP contribution in [0.15, 0.2) is 35.1 Å². The largest absolute Gasteiger partial charge is 0.372 e. The van der Waals surface area contributed by atoms with Crippen molar-refractivity contribution < 1.29 is 19.5 Å². The quantitative estimate of drug-likeness (QED) is 0.668. The minimum absolute atomic E-state index is 0. The van der Waals surface area contributed by atoms with Crippen molar-refractivity contribution in [3.05, 3.63) is 35.1 Å². The third kappa shape index (κ3) is 3.59. The van der Waals surface area contributed by atoms with Gasteiger partial charge in [0.05, 0.1) is 0 Å². The van der Waals surface area contributed by atoms with Crippen molar-refractivity contribution in [3.8, 4) is 0 Å². The molecule has 0 spiro atoms. The van der Waals surface area contributed by atoms with Crippen LogP contribution in [0.1, 0.15) is 39.5 Å². The average Bonchev–Trinajstić information content (AvgIpc) is 2.41. The normalized spacial score (nSPS) is 21.4. The first-order valence-corrected chi connectivity index (χ1v) is 6.05. The fraction of sp³-hybridized carbons (Fsp3) is 0.571. The average molecular weight is 304 g/mol. The molecule has 1 nitrogen and oxygen atoms in total. The molecule has 1 aliphatic carbocycles. The molecular weight excluding hydrogens is 283 g/mol. The fourth-order valence-electron chi connectivity index (χ4n) is 2.43. The van der Waals surface area contributed by atoms with E-state index >= 15 is 0 Å². The molecule has 1 saturated heterocycles. The summed E-state index contributed by atoms with van der Waals surface area (Å²) in [4.78, 5) is 2.53. The van der Waals surface area contributed by atoms with Crippen LogP contribution < -0.4 is 0 Å². The van der Waals surface area contributed by atoms with E-state index < -0.39 is 0 Å². The first kappa shape index (κ1) is 13.7. The molecule has 0 atom stereocenters. The maximum absolute atomic E-state index is 2.53. The van der Waals surface area contributed by atoms with Gasteiger partial charge < -0.3 is 4.90 Å². The van der Waals surface area contributed by atoms with Gasteiger partial charge in [0.2, 0.25) is 0 Å². The Balaban J connectivity index is 0.00000128. The molecule has 1 fully saturated rings. The first-order valence-electron chi connectivity index (χ1n) is 6.05. The third-order valence-electron chi connectivity index (χ3n) is 3.21. The van der Waals surface area contributed by atoms with Gasteiger partial charge in [-0.1, -0.05) is 17.2 Å². The summed E-state index contributed by atoms with van der Waals surface area (Å²) in [5.74, 6) is 0. The maximum atomic E-state index is 2.53. The van der Waals surface area contributed by atoms with Gasteiger partial charge in [-0.15, -0.1) is 0 Å². The molecule has 0 aromatic rings. The Kier molecular flexibility index (Phi) is 5.48. The van der Waals surface area contributed by atoms with Crippen molar-refractivity contribution in [2.45, 2.75) is 39.5 Å². The van der Waals surface area contributed by atoms with Crippen LogP contribution >= 0.6 is 0 Å². The van der Waals surface area contributed by atoms with E-state index in [-0.39, 0.29) is 19.5 Å². The summed E-state index contributed by atoms with van der Waals surface area (Å²) in [5.41, 5.74) is 4.37. The van der Waals surface area contributed by atoms with Crippen LogP contribution in [-0.2, 0) is 19.5 Å². The summed E-state index contributed by atoms with van der Waals surface area (Å²) in [6.45, 7) is 6.93. The second-order valence-electron chi connectivity index (χ2n) is 4.82. The fourth-order valence-corrected chi connectivity index (χ4v) is 2.43. The molecule has 2 heteroatoms. The number of hydrogen-bond acceptors (Lipinski definition) is 1. The summed E-state index contributed by atoms with van der Waals surface area (Å²) >= 11 is 0. The van der Waals surface area contributed by atoms with Gasteiger partial charge in [0.1, 0.15) is 0 Å². The molecule has 0 N–H and O–H groups in total. The molecule has 0 bridgehead atoms. The third-order valence-corrected chi connectivity index (χ3v) is 3.21. The minimum Gasteiger partial charge on any atom is -0.372 e. The first-order chi connectivity index (χ1) is 7.25. The molecule has 0 aromatic carbocycles. The molecular formula is C14H21NRu. The Bertz CT molecular complexity index is 320. The van der Waals surface area contributed by atoms with Gasteiger partial charge in [0.25, 0.3) is 0 Å². The van der Waals surface area contributed by atoms with Crippen LogP contribution in [0.4, 0.5) is 0 Å². The predicted molar refractivity (Wildman–Crippen MR) is 65.6 cm³/mol. The number of piperidine rings is 1. The van der Waals surface area contributed by atoms with E-state index in [1.54, 1.807) is 0 Å². The Hall–Kier alpha value is -0.357. The van der Waals surface area contributed by atoms with E-state index in [0.29, 0.717) is 0 Å². The molecule has 2 rings (SSSR count). The smallest absolute Gasteiger partial charge is 0.0365 e. The molecule has 0 unspecified atom stereocenters. The zero-order chi connectivity index (χ0) is 10.7. The molecule has 16 heavy (non-hydrogen) atoms. The van der Waals surface area contributed by atoms with E-state index in [0.717, 1.165) is 6.42 Å². The van der Waals surface area contributed by atoms with Gasteiger partial charge in [-0.3, -0.25) is 0 Å². The summed E-state index contributed by atoms with van der Waals surface area (Å²) in [5, 5.41) is 0. The van der Waals surface area contributed by atoms with Crippen LogP contribution in [0.25, 0.3) is 0 Å². The Morgan fingerprint density at radius 2 is 1.62 bits per heavy atom. The van der Waals surface area contributed by atoms with Crippen molar-refractivity contribution in [2.24, 2.45) is 0 Å². The standard InChI is InChI=1S/C14H21N.Ru/c1-12-6-7-14(11-13(2)10-12)15-8-4-3-5-9-15;/h6-7,11H,3-5,8-10H2,1-2H3;. The zero-order valence-corrected chi connectivity index (χ0v) is 12.0. The van der Waals surface area contributed by atoms with Crippen molar-refractivity contribution in [2.75, 3.05) is 13.1 Å². The van der Waals surface area contributed by atoms with Crippen LogP contribution in [0.3, 0.4) is 0 Å². The van der Waals surface area contributed by atoms with E-state index in [2.05, 4.69) is 37.0 Å². The molecule has 0 aromatic heterocycles. The molecule has 0 amide bonds. The van der Waals surface area contributed by atoms with Crippen LogP contribution in [0.5, 0.6) is 0 Å². The second-order valence-corrected chi connectivity index (χ2v) is 4.82. The van der Waals surface area contributed by atoms with E-state index in [9.17, 15) is 0 Å². The van der Waals surface area contributed by atoms with E-state index in [4.69, 9.17) is 0 Å². The summed E-state index contributed by atoms with van der Waals surface area (Å²) in [7, 11) is 0. The van der Waals surface area contributed by atoms with Crippen molar-refractivity contribution >= 4 is 0 Å². The minimum atomic E-state index is 0. The number of likely N-dealkylation sites (tertiary alicyclic amines) is 1. The van der Waals surface area contributed by atoms with Gasteiger partial charge in [-0.2, -0.15) is 0 Å². The SMILES string of the molecule is CC1=CC=C(N2CCCCC2)C=C(C)C1.[Ru]. The monoisotopic (exact) mass is 305 g/mol. The molecule has 0 radical (unpaired) electrons. The van der Waals surface area contributed by atoms with Crippen LogP contribution in [-0.4, -0.2) is 18.0 Å². The Morgan fingerprint density at radius 1 is 0.938 bits per heavy atom. The summed E-state index contributed by atoms with van der Waals surface area (Å²) in [6, 6.07) is 0. The van der Waals surface area contributed by atoms with Crippen molar-refractivity contribution in [3.63, 3.8) is 0 Å². The van der Waals surface area contributed by atoms with Gasteiger partial charge >= 0.3 is 0 Å². The number of allylic oxidation sites excluding steroid dienone is 5. The molecule has 90 valence electrons. The molecule has 1 heterocycles. The second kappa shape index (κ2) is 6.40. The Labute approximate surface area is 112 Å². The van der Waals surface area contributed by atoms with E-state index in [1.165, 1.54) is 49.2 Å². The van der Waals surface area contributed by atoms with Crippen molar-refractivity contribution in [1.82, 2.24) is 4.90 Å². The Morgan fingerprint density at radius 3 is 2.31 bits per heavy atom. The van der Waals surface area contributed by atoms with Gasteiger partial charge in [0, 0.05) is 38.3 Å². The molecule has 2 aliphatic rings.